The van der Waals surface area contributed by atoms with Crippen LogP contribution in [0.25, 0.3) is 11.0 Å². The van der Waals surface area contributed by atoms with E-state index in [-0.39, 0.29) is 12.5 Å². The van der Waals surface area contributed by atoms with E-state index in [2.05, 4.69) is 20.0 Å². The maximum atomic E-state index is 10.9. The number of ether oxygens (including phenoxy) is 1. The fourth-order valence-corrected chi connectivity index (χ4v) is 1.45. The van der Waals surface area contributed by atoms with Gasteiger partial charge >= 0.3 is 5.97 Å². The molecule has 0 bridgehead atoms. The van der Waals surface area contributed by atoms with Crippen molar-refractivity contribution < 1.29 is 9.53 Å². The fourth-order valence-electron chi connectivity index (χ4n) is 1.45. The summed E-state index contributed by atoms with van der Waals surface area (Å²) in [6, 6.07) is 7.66. The monoisotopic (exact) mass is 231 g/mol. The third-order valence-corrected chi connectivity index (χ3v) is 2.30. The topological polar surface area (TPSA) is 64.1 Å². The molecule has 17 heavy (non-hydrogen) atoms. The minimum atomic E-state index is -0.293. The summed E-state index contributed by atoms with van der Waals surface area (Å²) in [5, 5.41) is 2.94. The molecule has 0 unspecified atom stereocenters. The van der Waals surface area contributed by atoms with Crippen molar-refractivity contribution in [2.75, 3.05) is 13.7 Å². The van der Waals surface area contributed by atoms with E-state index in [4.69, 9.17) is 0 Å². The molecule has 5 nitrogen and oxygen atoms in total. The SMILES string of the molecule is COC(=O)CNCc1cnc2ccccc2n1. The van der Waals surface area contributed by atoms with Crippen molar-refractivity contribution in [3.63, 3.8) is 0 Å². The average molecular weight is 231 g/mol. The number of nitrogens with one attached hydrogen (secondary N) is 1. The second kappa shape index (κ2) is 5.36. The Balaban J connectivity index is 2.02. The molecule has 1 aromatic carbocycles. The highest BCUT2D eigenvalue weighted by Gasteiger charge is 2.01. The number of nitrogens with zero attached hydrogens (tertiary/aromatic N) is 2. The lowest BCUT2D eigenvalue weighted by molar-refractivity contribution is -0.139. The molecule has 0 saturated heterocycles. The van der Waals surface area contributed by atoms with Gasteiger partial charge in [-0.05, 0) is 12.1 Å². The second-order valence-corrected chi connectivity index (χ2v) is 3.53. The van der Waals surface area contributed by atoms with Gasteiger partial charge in [0.05, 0.1) is 36.6 Å². The first-order chi connectivity index (χ1) is 8.29. The number of aromatic nitrogens is 2. The van der Waals surface area contributed by atoms with E-state index in [1.165, 1.54) is 7.11 Å². The first-order valence-corrected chi connectivity index (χ1v) is 5.28. The Morgan fingerprint density at radius 3 is 2.88 bits per heavy atom. The van der Waals surface area contributed by atoms with Gasteiger partial charge in [0, 0.05) is 6.54 Å². The van der Waals surface area contributed by atoms with Crippen LogP contribution in [0.3, 0.4) is 0 Å². The molecule has 2 rings (SSSR count). The highest BCUT2D eigenvalue weighted by Crippen LogP contribution is 2.07. The third kappa shape index (κ3) is 2.98. The smallest absolute Gasteiger partial charge is 0.319 e. The Labute approximate surface area is 98.8 Å². The zero-order chi connectivity index (χ0) is 12.1. The van der Waals surface area contributed by atoms with Crippen LogP contribution in [0.15, 0.2) is 30.5 Å². The first-order valence-electron chi connectivity index (χ1n) is 5.28. The second-order valence-electron chi connectivity index (χ2n) is 3.53. The summed E-state index contributed by atoms with van der Waals surface area (Å²) in [7, 11) is 1.36. The normalized spacial score (nSPS) is 10.4. The summed E-state index contributed by atoms with van der Waals surface area (Å²) in [5.74, 6) is -0.293. The van der Waals surface area contributed by atoms with Crippen LogP contribution < -0.4 is 5.32 Å². The summed E-state index contributed by atoms with van der Waals surface area (Å²) in [5.41, 5.74) is 2.52. The van der Waals surface area contributed by atoms with Crippen LogP contribution in [0, 0.1) is 0 Å². The van der Waals surface area contributed by atoms with Crippen LogP contribution in [-0.2, 0) is 16.1 Å². The molecular weight excluding hydrogens is 218 g/mol. The van der Waals surface area contributed by atoms with Gasteiger partial charge in [-0.2, -0.15) is 0 Å². The van der Waals surface area contributed by atoms with Crippen molar-refractivity contribution in [3.8, 4) is 0 Å². The number of hydrogen-bond donors (Lipinski definition) is 1. The van der Waals surface area contributed by atoms with Gasteiger partial charge in [-0.25, -0.2) is 4.98 Å². The number of carbonyl (C=O) groups excluding carboxylic acids is 1. The molecule has 1 N–H and O–H groups in total. The number of esters is 1. The van der Waals surface area contributed by atoms with Crippen LogP contribution in [0.1, 0.15) is 5.69 Å². The van der Waals surface area contributed by atoms with E-state index in [0.717, 1.165) is 16.7 Å². The standard InChI is InChI=1S/C12H13N3O2/c1-17-12(16)8-13-6-9-7-14-10-4-2-3-5-11(10)15-9/h2-5,7,13H,6,8H2,1H3. The number of fused-ring (bicyclic) bond motifs is 1. The molecule has 0 atom stereocenters. The molecule has 1 aromatic heterocycles. The minimum Gasteiger partial charge on any atom is -0.468 e. The molecule has 1 heterocycles. The van der Waals surface area contributed by atoms with E-state index in [1.54, 1.807) is 6.20 Å². The van der Waals surface area contributed by atoms with Crippen LogP contribution >= 0.6 is 0 Å². The Hall–Kier alpha value is -2.01. The molecule has 0 aliphatic heterocycles. The maximum Gasteiger partial charge on any atom is 0.319 e. The highest BCUT2D eigenvalue weighted by molar-refractivity contribution is 5.73. The van der Waals surface area contributed by atoms with Crippen molar-refractivity contribution >= 4 is 17.0 Å². The molecule has 88 valence electrons. The van der Waals surface area contributed by atoms with Gasteiger partial charge in [0.2, 0.25) is 0 Å². The summed E-state index contributed by atoms with van der Waals surface area (Å²) in [6.07, 6.45) is 1.70. The van der Waals surface area contributed by atoms with E-state index in [1.807, 2.05) is 24.3 Å². The molecule has 0 amide bonds. The molecule has 0 spiro atoms. The van der Waals surface area contributed by atoms with Gasteiger partial charge in [0.25, 0.3) is 0 Å². The number of hydrogen-bond acceptors (Lipinski definition) is 5. The largest absolute Gasteiger partial charge is 0.468 e. The van der Waals surface area contributed by atoms with Crippen molar-refractivity contribution in [2.24, 2.45) is 0 Å². The Kier molecular flexibility index (Phi) is 3.62. The molecular formula is C12H13N3O2. The van der Waals surface area contributed by atoms with Crippen LogP contribution in [0.2, 0.25) is 0 Å². The molecule has 0 fully saturated rings. The Morgan fingerprint density at radius 1 is 1.35 bits per heavy atom. The Bertz CT molecular complexity index is 528. The van der Waals surface area contributed by atoms with Gasteiger partial charge in [-0.1, -0.05) is 12.1 Å². The first kappa shape index (κ1) is 11.5. The fraction of sp³-hybridized carbons (Fsp3) is 0.250. The lowest BCUT2D eigenvalue weighted by atomic mass is 10.3. The highest BCUT2D eigenvalue weighted by atomic mass is 16.5. The number of rotatable bonds is 4. The van der Waals surface area contributed by atoms with Gasteiger partial charge in [-0.15, -0.1) is 0 Å². The summed E-state index contributed by atoms with van der Waals surface area (Å²) in [6.45, 7) is 0.665. The molecule has 5 heteroatoms. The lowest BCUT2D eigenvalue weighted by Gasteiger charge is -2.03. The molecule has 0 aliphatic carbocycles. The zero-order valence-electron chi connectivity index (χ0n) is 9.51. The van der Waals surface area contributed by atoms with Gasteiger partial charge < -0.3 is 10.1 Å². The van der Waals surface area contributed by atoms with Crippen LogP contribution in [-0.4, -0.2) is 29.6 Å². The summed E-state index contributed by atoms with van der Waals surface area (Å²) < 4.78 is 4.52. The van der Waals surface area contributed by atoms with Crippen molar-refractivity contribution in [3.05, 3.63) is 36.2 Å². The summed E-state index contributed by atoms with van der Waals surface area (Å²) in [4.78, 5) is 19.6. The minimum absolute atomic E-state index is 0.172. The van der Waals surface area contributed by atoms with Crippen molar-refractivity contribution in [1.29, 1.82) is 0 Å². The maximum absolute atomic E-state index is 10.9. The zero-order valence-corrected chi connectivity index (χ0v) is 9.51. The van der Waals surface area contributed by atoms with Gasteiger partial charge in [0.15, 0.2) is 0 Å². The predicted molar refractivity (Wildman–Crippen MR) is 63.3 cm³/mol. The van der Waals surface area contributed by atoms with Crippen LogP contribution in [0.4, 0.5) is 0 Å². The summed E-state index contributed by atoms with van der Waals surface area (Å²) >= 11 is 0. The van der Waals surface area contributed by atoms with E-state index >= 15 is 0 Å². The predicted octanol–water partition coefficient (Wildman–Crippen LogP) is 0.892. The van der Waals surface area contributed by atoms with Gasteiger partial charge in [-0.3, -0.25) is 9.78 Å². The number of para-hydroxylation sites is 2. The number of benzene rings is 1. The quantitative estimate of drug-likeness (QED) is 0.792. The van der Waals surface area contributed by atoms with Gasteiger partial charge in [0.1, 0.15) is 0 Å². The van der Waals surface area contributed by atoms with E-state index in [9.17, 15) is 4.79 Å². The number of carbonyl (C=O) groups is 1. The molecule has 0 saturated carbocycles. The van der Waals surface area contributed by atoms with E-state index in [0.29, 0.717) is 6.54 Å². The van der Waals surface area contributed by atoms with E-state index < -0.39 is 0 Å². The lowest BCUT2D eigenvalue weighted by Crippen LogP contribution is -2.23. The number of methoxy groups -OCH3 is 1. The van der Waals surface area contributed by atoms with Crippen molar-refractivity contribution in [1.82, 2.24) is 15.3 Å². The molecule has 2 aromatic rings. The average Bonchev–Trinajstić information content (AvgIpc) is 2.38. The molecule has 0 radical (unpaired) electrons. The Morgan fingerprint density at radius 2 is 2.12 bits per heavy atom. The molecule has 0 aliphatic rings. The van der Waals surface area contributed by atoms with Crippen molar-refractivity contribution in [2.45, 2.75) is 6.54 Å². The third-order valence-electron chi connectivity index (χ3n) is 2.30. The van der Waals surface area contributed by atoms with Crippen LogP contribution in [0.5, 0.6) is 0 Å².